The fraction of sp³-hybridized carbons (Fsp3) is 0.214. The lowest BCUT2D eigenvalue weighted by Gasteiger charge is -2.07. The summed E-state index contributed by atoms with van der Waals surface area (Å²) in [6, 6.07) is 5.88. The first-order chi connectivity index (χ1) is 9.97. The number of nitrogens with one attached hydrogen (secondary N) is 1. The molecule has 0 unspecified atom stereocenters. The Morgan fingerprint density at radius 1 is 1.24 bits per heavy atom. The fourth-order valence-corrected chi connectivity index (χ4v) is 1.73. The van der Waals surface area contributed by atoms with Crippen molar-refractivity contribution in [2.75, 3.05) is 6.54 Å². The summed E-state index contributed by atoms with van der Waals surface area (Å²) in [6.45, 7) is 2.08. The smallest absolute Gasteiger partial charge is 0.266 e. The quantitative estimate of drug-likeness (QED) is 0.923. The molecule has 0 atom stereocenters. The zero-order valence-electron chi connectivity index (χ0n) is 11.3. The molecule has 0 spiro atoms. The van der Waals surface area contributed by atoms with Gasteiger partial charge in [0.2, 0.25) is 0 Å². The van der Waals surface area contributed by atoms with Gasteiger partial charge in [0.1, 0.15) is 0 Å². The van der Waals surface area contributed by atoms with Gasteiger partial charge in [0.15, 0.2) is 11.6 Å². The van der Waals surface area contributed by atoms with Gasteiger partial charge in [-0.05, 0) is 31.2 Å². The van der Waals surface area contributed by atoms with Crippen LogP contribution < -0.4 is 10.9 Å². The highest BCUT2D eigenvalue weighted by Crippen LogP contribution is 2.08. The van der Waals surface area contributed by atoms with Crippen LogP contribution in [0.5, 0.6) is 0 Å². The zero-order chi connectivity index (χ0) is 15.4. The molecule has 0 aliphatic heterocycles. The maximum atomic E-state index is 13.0. The molecule has 0 bridgehead atoms. The Kier molecular flexibility index (Phi) is 4.42. The molecule has 21 heavy (non-hydrogen) atoms. The van der Waals surface area contributed by atoms with E-state index < -0.39 is 17.5 Å². The van der Waals surface area contributed by atoms with Crippen molar-refractivity contribution < 1.29 is 13.6 Å². The predicted octanol–water partition coefficient (Wildman–Crippen LogP) is 1.26. The minimum Gasteiger partial charge on any atom is -0.350 e. The molecule has 2 aromatic rings. The topological polar surface area (TPSA) is 64.0 Å². The van der Waals surface area contributed by atoms with Crippen molar-refractivity contribution in [2.45, 2.75) is 13.5 Å². The van der Waals surface area contributed by atoms with Gasteiger partial charge in [0.05, 0.1) is 12.2 Å². The third-order valence-corrected chi connectivity index (χ3v) is 2.79. The van der Waals surface area contributed by atoms with Crippen LogP contribution in [0.2, 0.25) is 0 Å². The highest BCUT2D eigenvalue weighted by Gasteiger charge is 2.09. The van der Waals surface area contributed by atoms with Crippen LogP contribution in [0.4, 0.5) is 8.78 Å². The number of hydrogen-bond donors (Lipinski definition) is 1. The number of halogens is 2. The monoisotopic (exact) mass is 293 g/mol. The molecule has 0 radical (unpaired) electrons. The molecular weight excluding hydrogens is 280 g/mol. The number of hydrogen-bond acceptors (Lipinski definition) is 3. The Hall–Kier alpha value is -2.57. The van der Waals surface area contributed by atoms with Gasteiger partial charge in [-0.2, -0.15) is 5.10 Å². The summed E-state index contributed by atoms with van der Waals surface area (Å²) in [4.78, 5) is 23.2. The standard InChI is InChI=1S/C14H13F2N3O2/c1-9-2-5-13(20)19(18-9)7-6-17-14(21)10-3-4-11(15)12(16)8-10/h2-5,8H,6-7H2,1H3,(H,17,21). The van der Waals surface area contributed by atoms with Gasteiger partial charge in [-0.3, -0.25) is 9.59 Å². The highest BCUT2D eigenvalue weighted by molar-refractivity contribution is 5.94. The molecule has 0 aliphatic carbocycles. The Balaban J connectivity index is 1.96. The van der Waals surface area contributed by atoms with E-state index in [4.69, 9.17) is 0 Å². The summed E-state index contributed by atoms with van der Waals surface area (Å²) >= 11 is 0. The lowest BCUT2D eigenvalue weighted by Crippen LogP contribution is -2.32. The van der Waals surface area contributed by atoms with Gasteiger partial charge < -0.3 is 5.32 Å². The van der Waals surface area contributed by atoms with Crippen LogP contribution in [0, 0.1) is 18.6 Å². The van der Waals surface area contributed by atoms with E-state index in [-0.39, 0.29) is 24.2 Å². The van der Waals surface area contributed by atoms with Crippen molar-refractivity contribution in [3.63, 3.8) is 0 Å². The second-order valence-electron chi connectivity index (χ2n) is 4.42. The van der Waals surface area contributed by atoms with E-state index >= 15 is 0 Å². The number of rotatable bonds is 4. The van der Waals surface area contributed by atoms with Crippen LogP contribution in [0.3, 0.4) is 0 Å². The summed E-state index contributed by atoms with van der Waals surface area (Å²) < 4.78 is 27.0. The summed E-state index contributed by atoms with van der Waals surface area (Å²) in [7, 11) is 0. The maximum absolute atomic E-state index is 13.0. The van der Waals surface area contributed by atoms with Crippen LogP contribution in [-0.4, -0.2) is 22.2 Å². The summed E-state index contributed by atoms with van der Waals surface area (Å²) in [5.74, 6) is -2.64. The minimum absolute atomic E-state index is 0.0125. The molecule has 7 heteroatoms. The number of carbonyl (C=O) groups excluding carboxylic acids is 1. The van der Waals surface area contributed by atoms with Crippen molar-refractivity contribution in [3.05, 3.63) is 63.6 Å². The molecule has 5 nitrogen and oxygen atoms in total. The normalized spacial score (nSPS) is 10.4. The Bertz CT molecular complexity index is 728. The van der Waals surface area contributed by atoms with E-state index in [0.29, 0.717) is 5.69 Å². The fourth-order valence-electron chi connectivity index (χ4n) is 1.73. The van der Waals surface area contributed by atoms with Gasteiger partial charge >= 0.3 is 0 Å². The van der Waals surface area contributed by atoms with E-state index in [9.17, 15) is 18.4 Å². The van der Waals surface area contributed by atoms with Gasteiger partial charge in [-0.25, -0.2) is 13.5 Å². The number of carbonyl (C=O) groups is 1. The lowest BCUT2D eigenvalue weighted by molar-refractivity contribution is 0.0951. The summed E-state index contributed by atoms with van der Waals surface area (Å²) in [5.41, 5.74) is 0.419. The van der Waals surface area contributed by atoms with Crippen LogP contribution in [0.25, 0.3) is 0 Å². The molecule has 0 saturated carbocycles. The highest BCUT2D eigenvalue weighted by atomic mass is 19.2. The Morgan fingerprint density at radius 3 is 2.71 bits per heavy atom. The van der Waals surface area contributed by atoms with E-state index in [2.05, 4.69) is 10.4 Å². The van der Waals surface area contributed by atoms with Gasteiger partial charge in [0, 0.05) is 18.2 Å². The van der Waals surface area contributed by atoms with Crippen LogP contribution >= 0.6 is 0 Å². The number of aromatic nitrogens is 2. The molecule has 1 amide bonds. The van der Waals surface area contributed by atoms with Gasteiger partial charge in [-0.1, -0.05) is 0 Å². The Morgan fingerprint density at radius 2 is 2.00 bits per heavy atom. The number of benzene rings is 1. The summed E-state index contributed by atoms with van der Waals surface area (Å²) in [6.07, 6.45) is 0. The zero-order valence-corrected chi connectivity index (χ0v) is 11.3. The molecule has 110 valence electrons. The van der Waals surface area contributed by atoms with E-state index in [1.54, 1.807) is 13.0 Å². The molecule has 1 N–H and O–H groups in total. The van der Waals surface area contributed by atoms with Crippen molar-refractivity contribution in [1.29, 1.82) is 0 Å². The van der Waals surface area contributed by atoms with Crippen molar-refractivity contribution in [3.8, 4) is 0 Å². The largest absolute Gasteiger partial charge is 0.350 e. The Labute approximate surface area is 119 Å². The molecule has 1 aromatic heterocycles. The van der Waals surface area contributed by atoms with E-state index in [1.807, 2.05) is 0 Å². The van der Waals surface area contributed by atoms with Crippen molar-refractivity contribution in [1.82, 2.24) is 15.1 Å². The van der Waals surface area contributed by atoms with Crippen molar-refractivity contribution in [2.24, 2.45) is 0 Å². The SMILES string of the molecule is Cc1ccc(=O)n(CCNC(=O)c2ccc(F)c(F)c2)n1. The number of aryl methyl sites for hydroxylation is 1. The van der Waals surface area contributed by atoms with E-state index in [1.165, 1.54) is 16.8 Å². The van der Waals surface area contributed by atoms with E-state index in [0.717, 1.165) is 12.1 Å². The van der Waals surface area contributed by atoms with Gasteiger partial charge in [-0.15, -0.1) is 0 Å². The first-order valence-electron chi connectivity index (χ1n) is 6.25. The summed E-state index contributed by atoms with van der Waals surface area (Å²) in [5, 5.41) is 6.52. The predicted molar refractivity (Wildman–Crippen MR) is 71.9 cm³/mol. The van der Waals surface area contributed by atoms with Crippen LogP contribution in [0.15, 0.2) is 35.1 Å². The molecule has 2 rings (SSSR count). The third kappa shape index (κ3) is 3.71. The minimum atomic E-state index is -1.08. The molecule has 0 saturated heterocycles. The molecule has 0 fully saturated rings. The molecular formula is C14H13F2N3O2. The average molecular weight is 293 g/mol. The second-order valence-corrected chi connectivity index (χ2v) is 4.42. The lowest BCUT2D eigenvalue weighted by atomic mass is 10.2. The average Bonchev–Trinajstić information content (AvgIpc) is 2.45. The molecule has 0 aliphatic rings. The number of amides is 1. The van der Waals surface area contributed by atoms with Gasteiger partial charge in [0.25, 0.3) is 11.5 Å². The second kappa shape index (κ2) is 6.25. The van der Waals surface area contributed by atoms with Crippen LogP contribution in [-0.2, 0) is 6.54 Å². The number of nitrogens with zero attached hydrogens (tertiary/aromatic N) is 2. The molecule has 1 heterocycles. The van der Waals surface area contributed by atoms with Crippen molar-refractivity contribution >= 4 is 5.91 Å². The first-order valence-corrected chi connectivity index (χ1v) is 6.25. The molecule has 1 aromatic carbocycles. The first kappa shape index (κ1) is 14.8. The third-order valence-electron chi connectivity index (χ3n) is 2.79. The van der Waals surface area contributed by atoms with Crippen LogP contribution in [0.1, 0.15) is 16.1 Å². The maximum Gasteiger partial charge on any atom is 0.266 e.